The molecule has 0 saturated carbocycles. The topological polar surface area (TPSA) is 103 Å². The zero-order chi connectivity index (χ0) is 11.5. The van der Waals surface area contributed by atoms with Crippen LogP contribution in [0.25, 0.3) is 0 Å². The van der Waals surface area contributed by atoms with E-state index in [-0.39, 0.29) is 15.1 Å². The first-order valence-electron chi connectivity index (χ1n) is 4.33. The largest absolute Gasteiger partial charge is 0.363 e. The standard InChI is InChI=1S/C7H11N3O3S2/c1-2-3-4-15(12,13)7-10-9-6(14-7)5(8)11/h2-4H2,1H3,(H2,8,11). The number of hydrogen-bond acceptors (Lipinski definition) is 6. The molecule has 1 aromatic rings. The lowest BCUT2D eigenvalue weighted by Crippen LogP contribution is -2.10. The molecule has 0 spiro atoms. The van der Waals surface area contributed by atoms with Gasteiger partial charge in [0.1, 0.15) is 0 Å². The Morgan fingerprint density at radius 3 is 2.60 bits per heavy atom. The highest BCUT2D eigenvalue weighted by atomic mass is 32.2. The number of primary amides is 1. The summed E-state index contributed by atoms with van der Waals surface area (Å²) in [5, 5.41) is 6.77. The molecule has 0 bridgehead atoms. The van der Waals surface area contributed by atoms with Gasteiger partial charge in [-0.3, -0.25) is 4.79 Å². The number of hydrogen-bond donors (Lipinski definition) is 1. The van der Waals surface area contributed by atoms with Gasteiger partial charge < -0.3 is 5.73 Å². The SMILES string of the molecule is CCCCS(=O)(=O)c1nnc(C(N)=O)s1. The van der Waals surface area contributed by atoms with Gasteiger partial charge in [-0.15, -0.1) is 10.2 Å². The van der Waals surface area contributed by atoms with Crippen LogP contribution in [0, 0.1) is 0 Å². The molecular formula is C7H11N3O3S2. The van der Waals surface area contributed by atoms with Crippen LogP contribution < -0.4 is 5.73 Å². The summed E-state index contributed by atoms with van der Waals surface area (Å²) < 4.78 is 23.0. The molecule has 0 unspecified atom stereocenters. The van der Waals surface area contributed by atoms with Crippen LogP contribution in [0.15, 0.2) is 4.34 Å². The Kier molecular flexibility index (Phi) is 3.75. The number of nitrogens with zero attached hydrogens (tertiary/aromatic N) is 2. The fourth-order valence-electron chi connectivity index (χ4n) is 0.857. The second-order valence-electron chi connectivity index (χ2n) is 2.91. The highest BCUT2D eigenvalue weighted by molar-refractivity contribution is 7.93. The average molecular weight is 249 g/mol. The lowest BCUT2D eigenvalue weighted by molar-refractivity contribution is 0.0999. The average Bonchev–Trinajstić information content (AvgIpc) is 2.64. The Labute approximate surface area is 91.4 Å². The van der Waals surface area contributed by atoms with E-state index in [2.05, 4.69) is 10.2 Å². The van der Waals surface area contributed by atoms with Crippen molar-refractivity contribution in [3.63, 3.8) is 0 Å². The Bertz CT molecular complexity index is 452. The third kappa shape index (κ3) is 2.96. The van der Waals surface area contributed by atoms with E-state index >= 15 is 0 Å². The van der Waals surface area contributed by atoms with Crippen molar-refractivity contribution in [3.8, 4) is 0 Å². The van der Waals surface area contributed by atoms with Crippen molar-refractivity contribution < 1.29 is 13.2 Å². The van der Waals surface area contributed by atoms with Crippen LogP contribution >= 0.6 is 11.3 Å². The van der Waals surface area contributed by atoms with E-state index in [0.717, 1.165) is 6.42 Å². The molecule has 1 rings (SSSR count). The maximum Gasteiger partial charge on any atom is 0.279 e. The normalized spacial score (nSPS) is 11.5. The minimum Gasteiger partial charge on any atom is -0.363 e. The van der Waals surface area contributed by atoms with E-state index in [9.17, 15) is 13.2 Å². The summed E-state index contributed by atoms with van der Waals surface area (Å²) in [6.07, 6.45) is 1.34. The van der Waals surface area contributed by atoms with E-state index in [4.69, 9.17) is 5.73 Å². The molecule has 84 valence electrons. The van der Waals surface area contributed by atoms with Gasteiger partial charge in [-0.2, -0.15) is 0 Å². The minimum absolute atomic E-state index is 0.0247. The summed E-state index contributed by atoms with van der Waals surface area (Å²) >= 11 is 0.714. The molecule has 0 aromatic carbocycles. The lowest BCUT2D eigenvalue weighted by atomic mass is 10.4. The zero-order valence-corrected chi connectivity index (χ0v) is 9.77. The number of carbonyl (C=O) groups is 1. The Morgan fingerprint density at radius 2 is 2.13 bits per heavy atom. The molecular weight excluding hydrogens is 238 g/mol. The van der Waals surface area contributed by atoms with Gasteiger partial charge in [0.2, 0.25) is 19.2 Å². The first-order valence-corrected chi connectivity index (χ1v) is 6.80. The first kappa shape index (κ1) is 12.1. The van der Waals surface area contributed by atoms with Crippen molar-refractivity contribution >= 4 is 27.1 Å². The van der Waals surface area contributed by atoms with Gasteiger partial charge in [-0.25, -0.2) is 8.42 Å². The summed E-state index contributed by atoms with van der Waals surface area (Å²) in [6, 6.07) is 0. The minimum atomic E-state index is -3.40. The number of carbonyl (C=O) groups excluding carboxylic acids is 1. The van der Waals surface area contributed by atoms with Crippen LogP contribution in [0.3, 0.4) is 0 Å². The zero-order valence-electron chi connectivity index (χ0n) is 8.13. The van der Waals surface area contributed by atoms with Gasteiger partial charge in [-0.05, 0) is 6.42 Å². The summed E-state index contributed by atoms with van der Waals surface area (Å²) in [5.41, 5.74) is 4.94. The van der Waals surface area contributed by atoms with Gasteiger partial charge in [-0.1, -0.05) is 24.7 Å². The summed E-state index contributed by atoms with van der Waals surface area (Å²) in [6.45, 7) is 1.89. The highest BCUT2D eigenvalue weighted by Gasteiger charge is 2.21. The van der Waals surface area contributed by atoms with Crippen molar-refractivity contribution in [3.05, 3.63) is 5.01 Å². The van der Waals surface area contributed by atoms with E-state index in [1.807, 2.05) is 6.92 Å². The summed E-state index contributed by atoms with van der Waals surface area (Å²) in [5.74, 6) is -0.735. The Balaban J connectivity index is 2.91. The molecule has 0 aliphatic carbocycles. The third-order valence-corrected chi connectivity index (χ3v) is 4.83. The first-order chi connectivity index (χ1) is 6.97. The fraction of sp³-hybridized carbons (Fsp3) is 0.571. The van der Waals surface area contributed by atoms with Crippen molar-refractivity contribution in [1.29, 1.82) is 0 Å². The second-order valence-corrected chi connectivity index (χ2v) is 6.17. The number of rotatable bonds is 5. The molecule has 0 saturated heterocycles. The molecule has 15 heavy (non-hydrogen) atoms. The van der Waals surface area contributed by atoms with Crippen LogP contribution in [-0.2, 0) is 9.84 Å². The van der Waals surface area contributed by atoms with Gasteiger partial charge in [0.25, 0.3) is 5.91 Å². The molecule has 1 aromatic heterocycles. The molecule has 2 N–H and O–H groups in total. The molecule has 1 amide bonds. The predicted molar refractivity (Wildman–Crippen MR) is 55.4 cm³/mol. The molecule has 6 nitrogen and oxygen atoms in total. The van der Waals surface area contributed by atoms with Gasteiger partial charge >= 0.3 is 0 Å². The number of nitrogens with two attached hydrogens (primary N) is 1. The summed E-state index contributed by atoms with van der Waals surface area (Å²) in [7, 11) is -3.40. The summed E-state index contributed by atoms with van der Waals surface area (Å²) in [4.78, 5) is 10.7. The number of unbranched alkanes of at least 4 members (excludes halogenated alkanes) is 1. The van der Waals surface area contributed by atoms with Crippen molar-refractivity contribution in [2.75, 3.05) is 5.75 Å². The van der Waals surface area contributed by atoms with Crippen molar-refractivity contribution in [2.45, 2.75) is 24.1 Å². The van der Waals surface area contributed by atoms with Crippen LogP contribution in [0.2, 0.25) is 0 Å². The van der Waals surface area contributed by atoms with Gasteiger partial charge in [0.05, 0.1) is 5.75 Å². The Hall–Kier alpha value is -1.02. The number of sulfone groups is 1. The van der Waals surface area contributed by atoms with Gasteiger partial charge in [0.15, 0.2) is 0 Å². The monoisotopic (exact) mass is 249 g/mol. The maximum absolute atomic E-state index is 11.6. The molecule has 0 aliphatic rings. The van der Waals surface area contributed by atoms with Crippen LogP contribution in [0.5, 0.6) is 0 Å². The van der Waals surface area contributed by atoms with Crippen molar-refractivity contribution in [1.82, 2.24) is 10.2 Å². The molecule has 0 atom stereocenters. The van der Waals surface area contributed by atoms with Crippen molar-refractivity contribution in [2.24, 2.45) is 5.73 Å². The van der Waals surface area contributed by atoms with Crippen LogP contribution in [0.4, 0.5) is 0 Å². The molecule has 8 heteroatoms. The number of amides is 1. The lowest BCUT2D eigenvalue weighted by Gasteiger charge is -1.96. The third-order valence-electron chi connectivity index (χ3n) is 1.65. The molecule has 1 heterocycles. The maximum atomic E-state index is 11.6. The second kappa shape index (κ2) is 4.67. The Morgan fingerprint density at radius 1 is 1.47 bits per heavy atom. The predicted octanol–water partition coefficient (Wildman–Crippen LogP) is 0.211. The number of aromatic nitrogens is 2. The van der Waals surface area contributed by atoms with E-state index in [1.165, 1.54) is 0 Å². The van der Waals surface area contributed by atoms with Gasteiger partial charge in [0, 0.05) is 0 Å². The molecule has 0 aliphatic heterocycles. The molecule has 0 radical (unpaired) electrons. The van der Waals surface area contributed by atoms with E-state index < -0.39 is 15.7 Å². The molecule has 0 fully saturated rings. The smallest absolute Gasteiger partial charge is 0.279 e. The quantitative estimate of drug-likeness (QED) is 0.803. The highest BCUT2D eigenvalue weighted by Crippen LogP contribution is 2.17. The fourth-order valence-corrected chi connectivity index (χ4v) is 3.29. The van der Waals surface area contributed by atoms with Crippen LogP contribution in [0.1, 0.15) is 29.6 Å². The van der Waals surface area contributed by atoms with E-state index in [1.54, 1.807) is 0 Å². The van der Waals surface area contributed by atoms with E-state index in [0.29, 0.717) is 17.8 Å². The van der Waals surface area contributed by atoms with Crippen LogP contribution in [-0.4, -0.2) is 30.3 Å².